The predicted molar refractivity (Wildman–Crippen MR) is 59.5 cm³/mol. The number of nitrogens with one attached hydrogen (secondary N) is 2. The summed E-state index contributed by atoms with van der Waals surface area (Å²) in [5, 5.41) is 22.2. The fourth-order valence-corrected chi connectivity index (χ4v) is 1.33. The van der Waals surface area contributed by atoms with Gasteiger partial charge in [0.2, 0.25) is 0 Å². The van der Waals surface area contributed by atoms with Gasteiger partial charge in [-0.2, -0.15) is 13.2 Å². The van der Waals surface area contributed by atoms with Crippen LogP contribution in [0.1, 0.15) is 26.7 Å². The molecule has 0 spiro atoms. The number of hydrogen-bond acceptors (Lipinski definition) is 3. The molecule has 0 aliphatic heterocycles. The first-order valence-corrected chi connectivity index (χ1v) is 5.46. The summed E-state index contributed by atoms with van der Waals surface area (Å²) in [6.07, 6.45) is -6.15. The Hall–Kier alpha value is -1.51. The highest BCUT2D eigenvalue weighted by molar-refractivity contribution is 5.74. The monoisotopic (exact) mass is 286 g/mol. The van der Waals surface area contributed by atoms with Crippen molar-refractivity contribution in [3.8, 4) is 0 Å². The summed E-state index contributed by atoms with van der Waals surface area (Å²) in [7, 11) is 0. The van der Waals surface area contributed by atoms with E-state index in [1.807, 2.05) is 5.32 Å². The van der Waals surface area contributed by atoms with Crippen molar-refractivity contribution in [2.24, 2.45) is 0 Å². The van der Waals surface area contributed by atoms with Gasteiger partial charge < -0.3 is 20.8 Å². The summed E-state index contributed by atoms with van der Waals surface area (Å²) in [5.74, 6) is -1.25. The van der Waals surface area contributed by atoms with Crippen molar-refractivity contribution in [1.82, 2.24) is 10.6 Å². The van der Waals surface area contributed by atoms with Crippen LogP contribution in [0.15, 0.2) is 0 Å². The summed E-state index contributed by atoms with van der Waals surface area (Å²) in [5.41, 5.74) is -1.67. The molecule has 0 aromatic heterocycles. The third-order valence-corrected chi connectivity index (χ3v) is 2.08. The summed E-state index contributed by atoms with van der Waals surface area (Å²) >= 11 is 0. The lowest BCUT2D eigenvalue weighted by Gasteiger charge is -2.22. The maximum atomic E-state index is 12.0. The molecule has 0 saturated heterocycles. The smallest absolute Gasteiger partial charge is 0.391 e. The Morgan fingerprint density at radius 2 is 1.84 bits per heavy atom. The molecule has 0 rings (SSSR count). The second-order valence-corrected chi connectivity index (χ2v) is 4.61. The summed E-state index contributed by atoms with van der Waals surface area (Å²) < 4.78 is 36.0. The Morgan fingerprint density at radius 3 is 2.26 bits per heavy atom. The van der Waals surface area contributed by atoms with Crippen molar-refractivity contribution in [3.63, 3.8) is 0 Å². The van der Waals surface area contributed by atoms with Crippen molar-refractivity contribution in [1.29, 1.82) is 0 Å². The summed E-state index contributed by atoms with van der Waals surface area (Å²) in [4.78, 5) is 21.6. The first-order valence-electron chi connectivity index (χ1n) is 5.46. The van der Waals surface area contributed by atoms with Gasteiger partial charge >= 0.3 is 18.2 Å². The Balaban J connectivity index is 4.09. The third-order valence-electron chi connectivity index (χ3n) is 2.08. The Morgan fingerprint density at radius 1 is 1.32 bits per heavy atom. The molecule has 19 heavy (non-hydrogen) atoms. The molecule has 0 aliphatic rings. The van der Waals surface area contributed by atoms with Crippen LogP contribution in [0, 0.1) is 0 Å². The minimum atomic E-state index is -4.39. The van der Waals surface area contributed by atoms with E-state index in [0.717, 1.165) is 0 Å². The van der Waals surface area contributed by atoms with Gasteiger partial charge in [-0.15, -0.1) is 0 Å². The number of aliphatic carboxylic acids is 1. The van der Waals surface area contributed by atoms with Crippen molar-refractivity contribution >= 4 is 12.0 Å². The number of amides is 2. The highest BCUT2D eigenvalue weighted by Crippen LogP contribution is 2.21. The molecule has 4 N–H and O–H groups in total. The topological polar surface area (TPSA) is 98.7 Å². The van der Waals surface area contributed by atoms with Crippen LogP contribution in [0.4, 0.5) is 18.0 Å². The highest BCUT2D eigenvalue weighted by Gasteiger charge is 2.31. The van der Waals surface area contributed by atoms with Gasteiger partial charge in [0.25, 0.3) is 0 Å². The van der Waals surface area contributed by atoms with E-state index < -0.39 is 42.7 Å². The van der Waals surface area contributed by atoms with E-state index in [4.69, 9.17) is 5.11 Å². The minimum Gasteiger partial charge on any atom is -0.481 e. The number of rotatable bonds is 6. The van der Waals surface area contributed by atoms with Crippen LogP contribution < -0.4 is 10.6 Å². The summed E-state index contributed by atoms with van der Waals surface area (Å²) in [6.45, 7) is 1.99. The molecule has 0 aromatic rings. The molecule has 0 radical (unpaired) electrons. The SMILES string of the molecule is CC(CC(F)(F)F)NC(=O)NCC(C)(O)CC(=O)O. The molecule has 2 amide bonds. The third kappa shape index (κ3) is 10.1. The highest BCUT2D eigenvalue weighted by atomic mass is 19.4. The fraction of sp³-hybridized carbons (Fsp3) is 0.800. The van der Waals surface area contributed by atoms with Crippen molar-refractivity contribution in [2.45, 2.75) is 44.5 Å². The summed E-state index contributed by atoms with van der Waals surface area (Å²) in [6, 6.07) is -2.02. The molecule has 0 saturated carbocycles. The van der Waals surface area contributed by atoms with Gasteiger partial charge in [-0.05, 0) is 13.8 Å². The number of urea groups is 1. The number of alkyl halides is 3. The largest absolute Gasteiger partial charge is 0.481 e. The first-order chi connectivity index (χ1) is 8.41. The molecule has 0 fully saturated rings. The second-order valence-electron chi connectivity index (χ2n) is 4.61. The molecule has 2 unspecified atom stereocenters. The standard InChI is InChI=1S/C10H17F3N2O4/c1-6(3-10(11,12)13)15-8(18)14-5-9(2,19)4-7(16)17/h6,19H,3-5H2,1-2H3,(H,16,17)(H2,14,15,18). The van der Waals surface area contributed by atoms with Gasteiger partial charge in [0.05, 0.1) is 18.4 Å². The van der Waals surface area contributed by atoms with E-state index in [9.17, 15) is 27.9 Å². The molecule has 0 aliphatic carbocycles. The van der Waals surface area contributed by atoms with Crippen LogP contribution in [-0.4, -0.2) is 46.6 Å². The van der Waals surface area contributed by atoms with Crippen LogP contribution in [-0.2, 0) is 4.79 Å². The second kappa shape index (κ2) is 6.60. The lowest BCUT2D eigenvalue weighted by molar-refractivity contribution is -0.142. The van der Waals surface area contributed by atoms with Gasteiger partial charge in [0.15, 0.2) is 0 Å². The fourth-order valence-electron chi connectivity index (χ4n) is 1.33. The van der Waals surface area contributed by atoms with Crippen molar-refractivity contribution in [3.05, 3.63) is 0 Å². The normalized spacial score (nSPS) is 16.3. The molecule has 0 aromatic carbocycles. The van der Waals surface area contributed by atoms with Crippen LogP contribution in [0.25, 0.3) is 0 Å². The molecule has 0 bridgehead atoms. The minimum absolute atomic E-state index is 0.385. The van der Waals surface area contributed by atoms with Crippen LogP contribution >= 0.6 is 0 Å². The van der Waals surface area contributed by atoms with Gasteiger partial charge in [-0.1, -0.05) is 0 Å². The van der Waals surface area contributed by atoms with E-state index in [2.05, 4.69) is 5.32 Å². The quantitative estimate of drug-likeness (QED) is 0.582. The lowest BCUT2D eigenvalue weighted by Crippen LogP contribution is -2.48. The molecule has 0 heterocycles. The lowest BCUT2D eigenvalue weighted by atomic mass is 10.0. The Kier molecular flexibility index (Phi) is 6.07. The number of halogens is 3. The van der Waals surface area contributed by atoms with Crippen molar-refractivity contribution < 1.29 is 33.0 Å². The van der Waals surface area contributed by atoms with Gasteiger partial charge in [0, 0.05) is 12.6 Å². The average Bonchev–Trinajstić information content (AvgIpc) is 2.09. The van der Waals surface area contributed by atoms with Crippen molar-refractivity contribution in [2.75, 3.05) is 6.54 Å². The van der Waals surface area contributed by atoms with E-state index in [1.54, 1.807) is 0 Å². The number of hydrogen-bond donors (Lipinski definition) is 4. The van der Waals surface area contributed by atoms with Gasteiger partial charge in [-0.25, -0.2) is 4.79 Å². The number of carbonyl (C=O) groups is 2. The Labute approximate surface area is 108 Å². The molecule has 2 atom stereocenters. The van der Waals surface area contributed by atoms with E-state index in [1.165, 1.54) is 13.8 Å². The molecule has 9 heteroatoms. The predicted octanol–water partition coefficient (Wildman–Crippen LogP) is 0.852. The zero-order valence-corrected chi connectivity index (χ0v) is 10.5. The van der Waals surface area contributed by atoms with E-state index in [0.29, 0.717) is 0 Å². The molecular formula is C10H17F3N2O4. The maximum absolute atomic E-state index is 12.0. The molecule has 6 nitrogen and oxygen atoms in total. The van der Waals surface area contributed by atoms with Gasteiger partial charge in [-0.3, -0.25) is 4.79 Å². The molecule has 112 valence electrons. The molecular weight excluding hydrogens is 269 g/mol. The van der Waals surface area contributed by atoms with Crippen LogP contribution in [0.2, 0.25) is 0 Å². The number of carboxylic acid groups (broad SMARTS) is 1. The maximum Gasteiger partial charge on any atom is 0.391 e. The number of aliphatic hydroxyl groups is 1. The van der Waals surface area contributed by atoms with Crippen LogP contribution in [0.5, 0.6) is 0 Å². The number of carboxylic acids is 1. The zero-order chi connectivity index (χ0) is 15.3. The van der Waals surface area contributed by atoms with Crippen LogP contribution in [0.3, 0.4) is 0 Å². The van der Waals surface area contributed by atoms with Gasteiger partial charge in [0.1, 0.15) is 0 Å². The van der Waals surface area contributed by atoms with E-state index in [-0.39, 0.29) is 6.54 Å². The average molecular weight is 286 g/mol. The Bertz CT molecular complexity index is 331. The van der Waals surface area contributed by atoms with E-state index >= 15 is 0 Å². The zero-order valence-electron chi connectivity index (χ0n) is 10.5. The number of carbonyl (C=O) groups excluding carboxylic acids is 1. The first kappa shape index (κ1) is 17.5.